The number of Topliss-reactive ketones (excluding diaryl/α,β-unsaturated/α-hetero) is 1. The van der Waals surface area contributed by atoms with Crippen LogP contribution in [0.4, 0.5) is 0 Å². The monoisotopic (exact) mass is 317 g/mol. The Bertz CT molecular complexity index is 474. The largest absolute Gasteiger partial charge is 0.324 e. The summed E-state index contributed by atoms with van der Waals surface area (Å²) in [6.07, 6.45) is 12.4. The molecule has 2 N–H and O–H groups in total. The third-order valence-electron chi connectivity index (χ3n) is 8.81. The SMILES string of the molecule is CC1CCC2C(CCC3C2CCC2(C)C(C(=O)CN)CCC32)C1. The molecule has 0 aromatic heterocycles. The van der Waals surface area contributed by atoms with E-state index in [-0.39, 0.29) is 17.9 Å². The Hall–Kier alpha value is -0.370. The van der Waals surface area contributed by atoms with Gasteiger partial charge in [-0.3, -0.25) is 4.79 Å². The molecule has 0 spiro atoms. The molecule has 8 atom stereocenters. The first-order chi connectivity index (χ1) is 11.0. The van der Waals surface area contributed by atoms with Gasteiger partial charge in [-0.1, -0.05) is 20.3 Å². The molecule has 0 aliphatic heterocycles. The third kappa shape index (κ3) is 2.42. The highest BCUT2D eigenvalue weighted by molar-refractivity contribution is 5.83. The van der Waals surface area contributed by atoms with Gasteiger partial charge in [-0.05, 0) is 92.3 Å². The Morgan fingerprint density at radius 3 is 2.57 bits per heavy atom. The van der Waals surface area contributed by atoms with E-state index in [0.717, 1.165) is 41.9 Å². The molecule has 4 aliphatic carbocycles. The van der Waals surface area contributed by atoms with Gasteiger partial charge in [0.2, 0.25) is 0 Å². The average Bonchev–Trinajstić information content (AvgIpc) is 2.90. The van der Waals surface area contributed by atoms with Crippen LogP contribution in [0.1, 0.15) is 71.6 Å². The summed E-state index contributed by atoms with van der Waals surface area (Å²) < 4.78 is 0. The van der Waals surface area contributed by atoms with Gasteiger partial charge in [-0.25, -0.2) is 0 Å². The minimum Gasteiger partial charge on any atom is -0.324 e. The fourth-order valence-corrected chi connectivity index (χ4v) is 7.76. The zero-order chi connectivity index (χ0) is 16.2. The van der Waals surface area contributed by atoms with Crippen molar-refractivity contribution in [3.8, 4) is 0 Å². The molecule has 2 nitrogen and oxygen atoms in total. The van der Waals surface area contributed by atoms with Gasteiger partial charge in [0.15, 0.2) is 0 Å². The highest BCUT2D eigenvalue weighted by Gasteiger charge is 2.57. The van der Waals surface area contributed by atoms with Gasteiger partial charge < -0.3 is 5.73 Å². The molecule has 130 valence electrons. The zero-order valence-electron chi connectivity index (χ0n) is 15.1. The Labute approximate surface area is 142 Å². The summed E-state index contributed by atoms with van der Waals surface area (Å²) >= 11 is 0. The quantitative estimate of drug-likeness (QED) is 0.819. The van der Waals surface area contributed by atoms with Gasteiger partial charge in [-0.15, -0.1) is 0 Å². The number of ketones is 1. The molecular formula is C21H35NO. The van der Waals surface area contributed by atoms with Crippen molar-refractivity contribution in [1.29, 1.82) is 0 Å². The molecule has 0 aromatic carbocycles. The molecule has 23 heavy (non-hydrogen) atoms. The van der Waals surface area contributed by atoms with Crippen LogP contribution in [0.25, 0.3) is 0 Å². The van der Waals surface area contributed by atoms with Crippen LogP contribution in [0.2, 0.25) is 0 Å². The predicted octanol–water partition coefficient (Wildman–Crippen LogP) is 4.42. The minimum atomic E-state index is 0.254. The topological polar surface area (TPSA) is 43.1 Å². The van der Waals surface area contributed by atoms with Crippen LogP contribution in [0.5, 0.6) is 0 Å². The second kappa shape index (κ2) is 5.86. The van der Waals surface area contributed by atoms with E-state index >= 15 is 0 Å². The van der Waals surface area contributed by atoms with Crippen LogP contribution >= 0.6 is 0 Å². The summed E-state index contributed by atoms with van der Waals surface area (Å²) in [5.74, 6) is 6.30. The molecule has 4 saturated carbocycles. The molecule has 8 unspecified atom stereocenters. The fourth-order valence-electron chi connectivity index (χ4n) is 7.76. The van der Waals surface area contributed by atoms with Crippen LogP contribution in [-0.4, -0.2) is 12.3 Å². The highest BCUT2D eigenvalue weighted by Crippen LogP contribution is 2.64. The van der Waals surface area contributed by atoms with Gasteiger partial charge in [0.1, 0.15) is 5.78 Å². The van der Waals surface area contributed by atoms with Crippen LogP contribution in [0.15, 0.2) is 0 Å². The first-order valence-electron chi connectivity index (χ1n) is 10.3. The molecule has 0 saturated heterocycles. The molecule has 0 amide bonds. The molecular weight excluding hydrogens is 282 g/mol. The van der Waals surface area contributed by atoms with Crippen molar-refractivity contribution < 1.29 is 4.79 Å². The summed E-state index contributed by atoms with van der Waals surface area (Å²) in [5, 5.41) is 0. The lowest BCUT2D eigenvalue weighted by Gasteiger charge is -2.56. The standard InChI is InChI=1S/C21H35NO/c1-13-3-5-15-14(11-13)4-6-17-16(15)9-10-21(2)18(17)7-8-19(21)20(23)12-22/h13-19H,3-12,22H2,1-2H3. The first-order valence-corrected chi connectivity index (χ1v) is 10.3. The maximum absolute atomic E-state index is 12.4. The minimum absolute atomic E-state index is 0.254. The maximum Gasteiger partial charge on any atom is 0.150 e. The molecule has 4 fully saturated rings. The van der Waals surface area contributed by atoms with Gasteiger partial charge >= 0.3 is 0 Å². The number of carbonyl (C=O) groups is 1. The van der Waals surface area contributed by atoms with E-state index in [1.807, 2.05) is 0 Å². The summed E-state index contributed by atoms with van der Waals surface area (Å²) in [4.78, 5) is 12.4. The van der Waals surface area contributed by atoms with E-state index in [2.05, 4.69) is 13.8 Å². The van der Waals surface area contributed by atoms with Crippen molar-refractivity contribution >= 4 is 5.78 Å². The van der Waals surface area contributed by atoms with Crippen molar-refractivity contribution in [2.75, 3.05) is 6.54 Å². The van der Waals surface area contributed by atoms with Gasteiger partial charge in [0.25, 0.3) is 0 Å². The van der Waals surface area contributed by atoms with Crippen LogP contribution in [0.3, 0.4) is 0 Å². The van der Waals surface area contributed by atoms with Crippen molar-refractivity contribution in [3.63, 3.8) is 0 Å². The van der Waals surface area contributed by atoms with E-state index in [4.69, 9.17) is 5.73 Å². The lowest BCUT2D eigenvalue weighted by atomic mass is 9.49. The molecule has 0 heterocycles. The van der Waals surface area contributed by atoms with Crippen molar-refractivity contribution in [2.24, 2.45) is 52.6 Å². The van der Waals surface area contributed by atoms with Gasteiger partial charge in [-0.2, -0.15) is 0 Å². The average molecular weight is 318 g/mol. The molecule has 0 bridgehead atoms. The summed E-state index contributed by atoms with van der Waals surface area (Å²) in [7, 11) is 0. The Kier molecular flexibility index (Phi) is 4.11. The van der Waals surface area contributed by atoms with E-state index in [1.165, 1.54) is 51.4 Å². The Morgan fingerprint density at radius 1 is 1.00 bits per heavy atom. The number of hydrogen-bond donors (Lipinski definition) is 1. The number of carbonyl (C=O) groups excluding carboxylic acids is 1. The second-order valence-corrected chi connectivity index (χ2v) is 9.70. The normalized spacial score (nSPS) is 52.4. The van der Waals surface area contributed by atoms with E-state index < -0.39 is 0 Å². The van der Waals surface area contributed by atoms with Gasteiger partial charge in [0, 0.05) is 5.92 Å². The fraction of sp³-hybridized carbons (Fsp3) is 0.952. The van der Waals surface area contributed by atoms with Crippen LogP contribution < -0.4 is 5.73 Å². The maximum atomic E-state index is 12.4. The van der Waals surface area contributed by atoms with Crippen molar-refractivity contribution in [2.45, 2.75) is 71.6 Å². The lowest BCUT2D eigenvalue weighted by Crippen LogP contribution is -2.49. The van der Waals surface area contributed by atoms with Crippen LogP contribution in [-0.2, 0) is 4.79 Å². The molecule has 0 aromatic rings. The Balaban J connectivity index is 1.55. The molecule has 2 heteroatoms. The van der Waals surface area contributed by atoms with Crippen molar-refractivity contribution in [1.82, 2.24) is 0 Å². The van der Waals surface area contributed by atoms with E-state index in [0.29, 0.717) is 5.78 Å². The summed E-state index contributed by atoms with van der Waals surface area (Å²) in [6.45, 7) is 5.15. The molecule has 4 rings (SSSR count). The number of nitrogens with two attached hydrogens (primary N) is 1. The smallest absolute Gasteiger partial charge is 0.150 e. The van der Waals surface area contributed by atoms with Crippen molar-refractivity contribution in [3.05, 3.63) is 0 Å². The highest BCUT2D eigenvalue weighted by atomic mass is 16.1. The summed E-state index contributed by atoms with van der Waals surface area (Å²) in [5.41, 5.74) is 5.99. The second-order valence-electron chi connectivity index (χ2n) is 9.70. The third-order valence-corrected chi connectivity index (χ3v) is 8.81. The van der Waals surface area contributed by atoms with E-state index in [9.17, 15) is 4.79 Å². The lowest BCUT2D eigenvalue weighted by molar-refractivity contribution is -0.129. The summed E-state index contributed by atoms with van der Waals surface area (Å²) in [6, 6.07) is 0. The molecule has 4 aliphatic rings. The predicted molar refractivity (Wildman–Crippen MR) is 93.8 cm³/mol. The molecule has 0 radical (unpaired) electrons. The first kappa shape index (κ1) is 16.1. The number of hydrogen-bond acceptors (Lipinski definition) is 2. The Morgan fingerprint density at radius 2 is 1.78 bits per heavy atom. The van der Waals surface area contributed by atoms with E-state index in [1.54, 1.807) is 0 Å². The zero-order valence-corrected chi connectivity index (χ0v) is 15.1. The van der Waals surface area contributed by atoms with Gasteiger partial charge in [0.05, 0.1) is 6.54 Å². The number of fused-ring (bicyclic) bond motifs is 5. The number of rotatable bonds is 2. The van der Waals surface area contributed by atoms with Crippen LogP contribution in [0, 0.1) is 46.8 Å².